The number of nitrogens with one attached hydrogen (secondary N) is 1. The van der Waals surface area contributed by atoms with Crippen LogP contribution in [0.15, 0.2) is 30.6 Å². The molecule has 1 aliphatic rings. The molecule has 1 aliphatic carbocycles. The van der Waals surface area contributed by atoms with E-state index in [9.17, 15) is 18.3 Å². The number of aliphatic hydroxyl groups is 1. The summed E-state index contributed by atoms with van der Waals surface area (Å²) in [4.78, 5) is 11.8. The van der Waals surface area contributed by atoms with E-state index in [4.69, 9.17) is 0 Å². The summed E-state index contributed by atoms with van der Waals surface area (Å²) in [6.07, 6.45) is 2.01. The SMILES string of the molecule is OCCC1(CNc2cc(C(F)(F)F)nc(-c3cccnc3)n2)CCC1. The Morgan fingerprint density at radius 1 is 1.24 bits per heavy atom. The number of anilines is 1. The van der Waals surface area contributed by atoms with Gasteiger partial charge in [-0.1, -0.05) is 6.42 Å². The molecule has 2 heterocycles. The molecule has 0 aliphatic heterocycles. The molecule has 0 saturated heterocycles. The van der Waals surface area contributed by atoms with Crippen LogP contribution in [0.3, 0.4) is 0 Å². The van der Waals surface area contributed by atoms with Crippen molar-refractivity contribution < 1.29 is 18.3 Å². The molecule has 0 unspecified atom stereocenters. The molecule has 0 atom stereocenters. The first-order chi connectivity index (χ1) is 11.9. The fraction of sp³-hybridized carbons (Fsp3) is 0.471. The van der Waals surface area contributed by atoms with Gasteiger partial charge in [0.2, 0.25) is 0 Å². The number of pyridine rings is 1. The van der Waals surface area contributed by atoms with Gasteiger partial charge in [-0.15, -0.1) is 0 Å². The predicted molar refractivity (Wildman–Crippen MR) is 86.7 cm³/mol. The summed E-state index contributed by atoms with van der Waals surface area (Å²) in [6, 6.07) is 4.16. The summed E-state index contributed by atoms with van der Waals surface area (Å²) >= 11 is 0. The van der Waals surface area contributed by atoms with Crippen LogP contribution in [-0.4, -0.2) is 33.2 Å². The van der Waals surface area contributed by atoms with Gasteiger partial charge in [0.05, 0.1) is 0 Å². The van der Waals surface area contributed by atoms with Gasteiger partial charge >= 0.3 is 6.18 Å². The standard InChI is InChI=1S/C17H19F3N4O/c18-17(19,20)13-9-14(22-11-16(6-8-25)4-2-5-16)24-15(23-13)12-3-1-7-21-10-12/h1,3,7,9-10,25H,2,4-6,8,11H2,(H,22,23,24). The number of rotatable bonds is 6. The van der Waals surface area contributed by atoms with Crippen molar-refractivity contribution in [3.05, 3.63) is 36.3 Å². The van der Waals surface area contributed by atoms with Crippen LogP contribution in [0, 0.1) is 5.41 Å². The lowest BCUT2D eigenvalue weighted by Crippen LogP contribution is -2.37. The first kappa shape index (κ1) is 17.6. The molecule has 0 amide bonds. The molecule has 134 valence electrons. The third kappa shape index (κ3) is 4.07. The molecular weight excluding hydrogens is 333 g/mol. The number of aliphatic hydroxyl groups excluding tert-OH is 1. The van der Waals surface area contributed by atoms with E-state index < -0.39 is 11.9 Å². The van der Waals surface area contributed by atoms with Crippen molar-refractivity contribution in [2.45, 2.75) is 31.9 Å². The number of hydrogen-bond acceptors (Lipinski definition) is 5. The Bertz CT molecular complexity index is 718. The monoisotopic (exact) mass is 352 g/mol. The van der Waals surface area contributed by atoms with Crippen molar-refractivity contribution in [2.75, 3.05) is 18.5 Å². The molecule has 0 aromatic carbocycles. The Balaban J connectivity index is 1.88. The summed E-state index contributed by atoms with van der Waals surface area (Å²) < 4.78 is 39.5. The van der Waals surface area contributed by atoms with Crippen LogP contribution in [0.25, 0.3) is 11.4 Å². The van der Waals surface area contributed by atoms with Crippen molar-refractivity contribution in [3.63, 3.8) is 0 Å². The maximum Gasteiger partial charge on any atom is 0.433 e. The number of aromatic nitrogens is 3. The smallest absolute Gasteiger partial charge is 0.396 e. The quantitative estimate of drug-likeness (QED) is 0.832. The molecule has 3 rings (SSSR count). The summed E-state index contributed by atoms with van der Waals surface area (Å²) in [5.74, 6) is 0.112. The molecular formula is C17H19F3N4O. The lowest BCUT2D eigenvalue weighted by molar-refractivity contribution is -0.141. The molecule has 25 heavy (non-hydrogen) atoms. The second-order valence-corrected chi connectivity index (χ2v) is 6.38. The largest absolute Gasteiger partial charge is 0.433 e. The van der Waals surface area contributed by atoms with Gasteiger partial charge in [-0.3, -0.25) is 4.98 Å². The van der Waals surface area contributed by atoms with E-state index in [1.54, 1.807) is 12.1 Å². The van der Waals surface area contributed by atoms with Gasteiger partial charge in [0.1, 0.15) is 5.82 Å². The zero-order chi connectivity index (χ0) is 17.9. The average Bonchev–Trinajstić information content (AvgIpc) is 2.57. The Morgan fingerprint density at radius 2 is 2.04 bits per heavy atom. The average molecular weight is 352 g/mol. The Labute approximate surface area is 143 Å². The van der Waals surface area contributed by atoms with E-state index in [0.29, 0.717) is 18.5 Å². The highest BCUT2D eigenvalue weighted by Gasteiger charge is 2.37. The molecule has 0 radical (unpaired) electrons. The molecule has 2 aromatic rings. The predicted octanol–water partition coefficient (Wildman–Crippen LogP) is 3.52. The number of hydrogen-bond donors (Lipinski definition) is 2. The van der Waals surface area contributed by atoms with Gasteiger partial charge in [0.25, 0.3) is 0 Å². The van der Waals surface area contributed by atoms with Gasteiger partial charge < -0.3 is 10.4 Å². The maximum atomic E-state index is 13.2. The lowest BCUT2D eigenvalue weighted by Gasteiger charge is -2.42. The number of halogens is 3. The summed E-state index contributed by atoms with van der Waals surface area (Å²) in [5, 5.41) is 12.2. The number of alkyl halides is 3. The van der Waals surface area contributed by atoms with Gasteiger partial charge in [0.15, 0.2) is 11.5 Å². The first-order valence-corrected chi connectivity index (χ1v) is 8.13. The molecule has 8 heteroatoms. The molecule has 5 nitrogen and oxygen atoms in total. The third-order valence-corrected chi connectivity index (χ3v) is 4.64. The fourth-order valence-electron chi connectivity index (χ4n) is 3.01. The highest BCUT2D eigenvalue weighted by molar-refractivity contribution is 5.56. The molecule has 1 fully saturated rings. The van der Waals surface area contributed by atoms with Gasteiger partial charge in [-0.25, -0.2) is 9.97 Å². The summed E-state index contributed by atoms with van der Waals surface area (Å²) in [7, 11) is 0. The van der Waals surface area contributed by atoms with Crippen LogP contribution in [0.5, 0.6) is 0 Å². The molecule has 2 N–H and O–H groups in total. The topological polar surface area (TPSA) is 70.9 Å². The van der Waals surface area contributed by atoms with Crippen molar-refractivity contribution in [2.24, 2.45) is 5.41 Å². The maximum absolute atomic E-state index is 13.2. The van der Waals surface area contributed by atoms with E-state index in [0.717, 1.165) is 25.3 Å². The van der Waals surface area contributed by atoms with E-state index in [2.05, 4.69) is 20.3 Å². The van der Waals surface area contributed by atoms with Crippen LogP contribution in [0.2, 0.25) is 0 Å². The van der Waals surface area contributed by atoms with E-state index in [1.807, 2.05) is 0 Å². The number of nitrogens with zero attached hydrogens (tertiary/aromatic N) is 3. The second kappa shape index (κ2) is 6.95. The molecule has 0 bridgehead atoms. The van der Waals surface area contributed by atoms with Gasteiger partial charge in [0, 0.05) is 37.2 Å². The Morgan fingerprint density at radius 3 is 2.60 bits per heavy atom. The van der Waals surface area contributed by atoms with E-state index in [1.165, 1.54) is 12.4 Å². The van der Waals surface area contributed by atoms with Crippen molar-refractivity contribution >= 4 is 5.82 Å². The van der Waals surface area contributed by atoms with Crippen molar-refractivity contribution in [3.8, 4) is 11.4 Å². The minimum atomic E-state index is -4.56. The molecule has 0 spiro atoms. The second-order valence-electron chi connectivity index (χ2n) is 6.38. The summed E-state index contributed by atoms with van der Waals surface area (Å²) in [5.41, 5.74) is -0.633. The summed E-state index contributed by atoms with van der Waals surface area (Å²) in [6.45, 7) is 0.550. The van der Waals surface area contributed by atoms with Gasteiger partial charge in [-0.05, 0) is 36.8 Å². The normalized spacial score (nSPS) is 16.3. The van der Waals surface area contributed by atoms with Crippen molar-refractivity contribution in [1.29, 1.82) is 0 Å². The van der Waals surface area contributed by atoms with Crippen LogP contribution < -0.4 is 5.32 Å². The van der Waals surface area contributed by atoms with E-state index in [-0.39, 0.29) is 23.7 Å². The minimum Gasteiger partial charge on any atom is -0.396 e. The van der Waals surface area contributed by atoms with E-state index >= 15 is 0 Å². The first-order valence-electron chi connectivity index (χ1n) is 8.13. The molecule has 2 aromatic heterocycles. The fourth-order valence-corrected chi connectivity index (χ4v) is 3.01. The lowest BCUT2D eigenvalue weighted by atomic mass is 9.67. The zero-order valence-electron chi connectivity index (χ0n) is 13.6. The van der Waals surface area contributed by atoms with Crippen molar-refractivity contribution in [1.82, 2.24) is 15.0 Å². The van der Waals surface area contributed by atoms with Crippen LogP contribution in [0.1, 0.15) is 31.4 Å². The van der Waals surface area contributed by atoms with Crippen LogP contribution in [0.4, 0.5) is 19.0 Å². The van der Waals surface area contributed by atoms with Crippen LogP contribution >= 0.6 is 0 Å². The molecule has 1 saturated carbocycles. The Kier molecular flexibility index (Phi) is 4.89. The highest BCUT2D eigenvalue weighted by Crippen LogP contribution is 2.43. The van der Waals surface area contributed by atoms with Gasteiger partial charge in [-0.2, -0.15) is 13.2 Å². The Hall–Kier alpha value is -2.22. The highest BCUT2D eigenvalue weighted by atomic mass is 19.4. The third-order valence-electron chi connectivity index (χ3n) is 4.64. The van der Waals surface area contributed by atoms with Crippen LogP contribution in [-0.2, 0) is 6.18 Å². The zero-order valence-corrected chi connectivity index (χ0v) is 13.6. The minimum absolute atomic E-state index is 0.0183.